The fourth-order valence-corrected chi connectivity index (χ4v) is 1.22. The number of Topliss-reactive ketones (excluding diaryl/α,β-unsaturated/α-hetero) is 1. The highest BCUT2D eigenvalue weighted by atomic mass is 16.1. The zero-order chi connectivity index (χ0) is 11.3. The van der Waals surface area contributed by atoms with Gasteiger partial charge in [0.15, 0.2) is 12.4 Å². The van der Waals surface area contributed by atoms with Crippen LogP contribution in [0.3, 0.4) is 0 Å². The average molecular weight is 202 g/mol. The monoisotopic (exact) mass is 202 g/mol. The molecule has 1 atom stereocenters. The highest BCUT2D eigenvalue weighted by Gasteiger charge is 2.23. The van der Waals surface area contributed by atoms with Crippen molar-refractivity contribution in [3.05, 3.63) is 30.6 Å². The standard InChI is InChI=1S/C11H12N3O/c1-9(13)10(7-12)11(15)8-14-5-3-2-4-6-14/h2-6,10,13H,8H2,1H3/q+1. The molecule has 0 saturated carbocycles. The van der Waals surface area contributed by atoms with Crippen molar-refractivity contribution in [3.8, 4) is 6.07 Å². The molecular weight excluding hydrogens is 190 g/mol. The molecule has 0 aliphatic heterocycles. The molecule has 15 heavy (non-hydrogen) atoms. The summed E-state index contributed by atoms with van der Waals surface area (Å²) in [4.78, 5) is 11.6. The number of nitrogens with zero attached hydrogens (tertiary/aromatic N) is 2. The highest BCUT2D eigenvalue weighted by Crippen LogP contribution is 1.98. The number of carbonyl (C=O) groups is 1. The lowest BCUT2D eigenvalue weighted by atomic mass is 10.0. The van der Waals surface area contributed by atoms with Gasteiger partial charge in [0.05, 0.1) is 6.07 Å². The lowest BCUT2D eigenvalue weighted by Gasteiger charge is -2.02. The Hall–Kier alpha value is -2.02. The minimum atomic E-state index is -0.919. The zero-order valence-electron chi connectivity index (χ0n) is 8.47. The van der Waals surface area contributed by atoms with Crippen LogP contribution in [0, 0.1) is 22.7 Å². The van der Waals surface area contributed by atoms with Crippen molar-refractivity contribution in [2.45, 2.75) is 13.5 Å². The Labute approximate surface area is 88.3 Å². The van der Waals surface area contributed by atoms with Crippen LogP contribution in [0.5, 0.6) is 0 Å². The van der Waals surface area contributed by atoms with Gasteiger partial charge in [0, 0.05) is 17.8 Å². The first-order valence-corrected chi connectivity index (χ1v) is 4.56. The summed E-state index contributed by atoms with van der Waals surface area (Å²) in [5.74, 6) is -1.17. The van der Waals surface area contributed by atoms with Crippen LogP contribution in [0.2, 0.25) is 0 Å². The fraction of sp³-hybridized carbons (Fsp3) is 0.273. The number of nitrogens with one attached hydrogen (secondary N) is 1. The first kappa shape index (κ1) is 11.1. The third kappa shape index (κ3) is 2.99. The largest absolute Gasteiger partial charge is 0.308 e. The summed E-state index contributed by atoms with van der Waals surface area (Å²) in [5.41, 5.74) is 0.0963. The maximum Gasteiger partial charge on any atom is 0.220 e. The number of carbonyl (C=O) groups excluding carboxylic acids is 1. The molecule has 0 saturated heterocycles. The summed E-state index contributed by atoms with van der Waals surface area (Å²) in [7, 11) is 0. The summed E-state index contributed by atoms with van der Waals surface area (Å²) >= 11 is 0. The van der Waals surface area contributed by atoms with Gasteiger partial charge in [-0.15, -0.1) is 0 Å². The lowest BCUT2D eigenvalue weighted by Crippen LogP contribution is -2.40. The van der Waals surface area contributed by atoms with Crippen LogP contribution < -0.4 is 4.57 Å². The van der Waals surface area contributed by atoms with E-state index in [0.717, 1.165) is 0 Å². The molecule has 0 fully saturated rings. The molecule has 0 aromatic carbocycles. The molecule has 0 bridgehead atoms. The van der Waals surface area contributed by atoms with E-state index >= 15 is 0 Å². The molecule has 76 valence electrons. The number of pyridine rings is 1. The molecule has 0 aliphatic carbocycles. The predicted octanol–water partition coefficient (Wildman–Crippen LogP) is 0.723. The average Bonchev–Trinajstić information content (AvgIpc) is 2.19. The molecule has 1 unspecified atom stereocenters. The minimum Gasteiger partial charge on any atom is -0.308 e. The molecule has 1 aromatic rings. The van der Waals surface area contributed by atoms with Gasteiger partial charge < -0.3 is 5.41 Å². The summed E-state index contributed by atoms with van der Waals surface area (Å²) in [6, 6.07) is 7.31. The van der Waals surface area contributed by atoms with Gasteiger partial charge in [0.25, 0.3) is 0 Å². The SMILES string of the molecule is CC(=N)C(C#N)C(=O)C[n+]1ccccc1. The van der Waals surface area contributed by atoms with Crippen molar-refractivity contribution in [2.24, 2.45) is 5.92 Å². The molecule has 4 heteroatoms. The van der Waals surface area contributed by atoms with Crippen molar-refractivity contribution in [1.82, 2.24) is 0 Å². The fourth-order valence-electron chi connectivity index (χ4n) is 1.22. The summed E-state index contributed by atoms with van der Waals surface area (Å²) in [5, 5.41) is 16.0. The second kappa shape index (κ2) is 5.01. The zero-order valence-corrected chi connectivity index (χ0v) is 8.47. The van der Waals surface area contributed by atoms with E-state index in [-0.39, 0.29) is 18.0 Å². The second-order valence-corrected chi connectivity index (χ2v) is 3.26. The predicted molar refractivity (Wildman–Crippen MR) is 54.1 cm³/mol. The number of hydrogen-bond acceptors (Lipinski definition) is 3. The number of ketones is 1. The summed E-state index contributed by atoms with van der Waals surface area (Å²) in [6.07, 6.45) is 3.51. The van der Waals surface area contributed by atoms with Crippen molar-refractivity contribution in [2.75, 3.05) is 0 Å². The molecule has 1 heterocycles. The van der Waals surface area contributed by atoms with E-state index in [1.54, 1.807) is 17.0 Å². The van der Waals surface area contributed by atoms with E-state index in [1.165, 1.54) is 6.92 Å². The molecular formula is C11H12N3O+. The van der Waals surface area contributed by atoms with Crippen molar-refractivity contribution in [3.63, 3.8) is 0 Å². The molecule has 1 aromatic heterocycles. The van der Waals surface area contributed by atoms with Crippen LogP contribution in [0.1, 0.15) is 6.92 Å². The van der Waals surface area contributed by atoms with Crippen molar-refractivity contribution >= 4 is 11.5 Å². The maximum absolute atomic E-state index is 11.6. The van der Waals surface area contributed by atoms with Gasteiger partial charge in [-0.05, 0) is 6.92 Å². The maximum atomic E-state index is 11.6. The molecule has 1 N–H and O–H groups in total. The first-order chi connectivity index (χ1) is 7.15. The normalized spacial score (nSPS) is 11.5. The van der Waals surface area contributed by atoms with Crippen molar-refractivity contribution < 1.29 is 9.36 Å². The van der Waals surface area contributed by atoms with Crippen LogP contribution in [0.15, 0.2) is 30.6 Å². The van der Waals surface area contributed by atoms with E-state index in [4.69, 9.17) is 10.7 Å². The Morgan fingerprint density at radius 2 is 2.07 bits per heavy atom. The Morgan fingerprint density at radius 3 is 2.53 bits per heavy atom. The minimum absolute atomic E-state index is 0.0963. The second-order valence-electron chi connectivity index (χ2n) is 3.26. The highest BCUT2D eigenvalue weighted by molar-refractivity contribution is 6.04. The third-order valence-electron chi connectivity index (χ3n) is 2.00. The summed E-state index contributed by atoms with van der Waals surface area (Å²) < 4.78 is 1.69. The lowest BCUT2D eigenvalue weighted by molar-refractivity contribution is -0.684. The molecule has 0 amide bonds. The van der Waals surface area contributed by atoms with Crippen LogP contribution in [0.4, 0.5) is 0 Å². The molecule has 4 nitrogen and oxygen atoms in total. The van der Waals surface area contributed by atoms with E-state index in [2.05, 4.69) is 0 Å². The number of aromatic nitrogens is 1. The van der Waals surface area contributed by atoms with Gasteiger partial charge in [-0.25, -0.2) is 0 Å². The van der Waals surface area contributed by atoms with Gasteiger partial charge in [0.2, 0.25) is 12.3 Å². The van der Waals surface area contributed by atoms with Gasteiger partial charge in [-0.3, -0.25) is 4.79 Å². The Morgan fingerprint density at radius 1 is 1.47 bits per heavy atom. The van der Waals surface area contributed by atoms with Crippen LogP contribution >= 0.6 is 0 Å². The molecule has 1 rings (SSSR count). The Balaban J connectivity index is 2.72. The number of rotatable bonds is 4. The third-order valence-corrected chi connectivity index (χ3v) is 2.00. The molecule has 0 spiro atoms. The first-order valence-electron chi connectivity index (χ1n) is 4.56. The van der Waals surface area contributed by atoms with Crippen LogP contribution in [-0.2, 0) is 11.3 Å². The van der Waals surface area contributed by atoms with Gasteiger partial charge in [-0.1, -0.05) is 6.07 Å². The van der Waals surface area contributed by atoms with Gasteiger partial charge in [-0.2, -0.15) is 9.83 Å². The van der Waals surface area contributed by atoms with Gasteiger partial charge in [0.1, 0.15) is 5.92 Å². The topological polar surface area (TPSA) is 68.6 Å². The number of hydrogen-bond donors (Lipinski definition) is 1. The van der Waals surface area contributed by atoms with E-state index < -0.39 is 5.92 Å². The van der Waals surface area contributed by atoms with Gasteiger partial charge >= 0.3 is 0 Å². The molecule has 0 radical (unpaired) electrons. The number of nitriles is 1. The van der Waals surface area contributed by atoms with Crippen molar-refractivity contribution in [1.29, 1.82) is 10.7 Å². The Bertz CT molecular complexity index is 406. The van der Waals surface area contributed by atoms with E-state index in [0.29, 0.717) is 0 Å². The quantitative estimate of drug-likeness (QED) is 0.577. The Kier molecular flexibility index (Phi) is 3.69. The summed E-state index contributed by atoms with van der Waals surface area (Å²) in [6.45, 7) is 1.61. The van der Waals surface area contributed by atoms with Crippen LogP contribution in [0.25, 0.3) is 0 Å². The smallest absolute Gasteiger partial charge is 0.220 e. The van der Waals surface area contributed by atoms with E-state index in [9.17, 15) is 4.79 Å². The van der Waals surface area contributed by atoms with Crippen LogP contribution in [-0.4, -0.2) is 11.5 Å². The molecule has 0 aliphatic rings. The van der Waals surface area contributed by atoms with E-state index in [1.807, 2.05) is 24.3 Å².